The number of carbonyl (C=O) groups is 3. The van der Waals surface area contributed by atoms with Crippen LogP contribution in [0.4, 0.5) is 0 Å². The Bertz CT molecular complexity index is 664. The lowest BCUT2D eigenvalue weighted by molar-refractivity contribution is -0.159. The van der Waals surface area contributed by atoms with Gasteiger partial charge >= 0.3 is 11.9 Å². The van der Waals surface area contributed by atoms with Crippen molar-refractivity contribution in [2.75, 3.05) is 26.2 Å². The van der Waals surface area contributed by atoms with Gasteiger partial charge in [-0.05, 0) is 36.7 Å². The summed E-state index contributed by atoms with van der Waals surface area (Å²) in [4.78, 5) is 35.4. The van der Waals surface area contributed by atoms with Crippen molar-refractivity contribution in [2.24, 2.45) is 11.8 Å². The molecule has 7 heteroatoms. The van der Waals surface area contributed by atoms with E-state index < -0.39 is 11.9 Å². The molecule has 7 nitrogen and oxygen atoms in total. The second-order valence-corrected chi connectivity index (χ2v) is 8.28. The average molecular weight is 405 g/mol. The number of likely N-dealkylation sites (tertiary alicyclic amines) is 2. The van der Waals surface area contributed by atoms with Crippen molar-refractivity contribution in [2.45, 2.75) is 45.6 Å². The second-order valence-electron chi connectivity index (χ2n) is 8.28. The highest BCUT2D eigenvalue weighted by Gasteiger charge is 2.31. The van der Waals surface area contributed by atoms with Gasteiger partial charge in [0.2, 0.25) is 5.91 Å². The van der Waals surface area contributed by atoms with Crippen LogP contribution in [0.5, 0.6) is 0 Å². The summed E-state index contributed by atoms with van der Waals surface area (Å²) in [7, 11) is 0. The fraction of sp³-hybridized carbons (Fsp3) is 0.591. The van der Waals surface area contributed by atoms with E-state index in [0.717, 1.165) is 43.3 Å². The molecule has 3 rings (SSSR count). The molecule has 1 aromatic carbocycles. The van der Waals surface area contributed by atoms with Crippen LogP contribution in [0, 0.1) is 11.8 Å². The van der Waals surface area contributed by atoms with Gasteiger partial charge in [-0.25, -0.2) is 9.59 Å². The lowest BCUT2D eigenvalue weighted by Crippen LogP contribution is -2.51. The number of hydrogen-bond donors (Lipinski definition) is 2. The molecule has 0 spiro atoms. The lowest BCUT2D eigenvalue weighted by Gasteiger charge is -2.43. The molecule has 0 radical (unpaired) electrons. The Hall–Kier alpha value is -2.41. The van der Waals surface area contributed by atoms with Crippen molar-refractivity contribution >= 4 is 17.8 Å². The minimum atomic E-state index is -1.82. The molecular weight excluding hydrogens is 372 g/mol. The molecule has 1 amide bonds. The number of carboxylic acids is 2. The van der Waals surface area contributed by atoms with Crippen LogP contribution in [-0.2, 0) is 20.8 Å². The minimum absolute atomic E-state index is 0.287. The summed E-state index contributed by atoms with van der Waals surface area (Å²) < 4.78 is 0. The largest absolute Gasteiger partial charge is 0.473 e. The number of aliphatic carboxylic acids is 2. The summed E-state index contributed by atoms with van der Waals surface area (Å²) in [6.07, 6.45) is 4.19. The van der Waals surface area contributed by atoms with E-state index in [9.17, 15) is 4.79 Å². The Morgan fingerprint density at radius 1 is 0.931 bits per heavy atom. The maximum absolute atomic E-state index is 12.5. The zero-order chi connectivity index (χ0) is 21.4. The lowest BCUT2D eigenvalue weighted by atomic mass is 9.89. The number of nitrogens with zero attached hydrogens (tertiary/aromatic N) is 2. The van der Waals surface area contributed by atoms with Crippen LogP contribution in [0.1, 0.15) is 38.7 Å². The topological polar surface area (TPSA) is 98.2 Å². The molecular formula is C22H32N2O5. The van der Waals surface area contributed by atoms with E-state index in [0.29, 0.717) is 12.5 Å². The highest BCUT2D eigenvalue weighted by atomic mass is 16.4. The zero-order valence-electron chi connectivity index (χ0n) is 17.3. The van der Waals surface area contributed by atoms with Crippen LogP contribution >= 0.6 is 0 Å². The summed E-state index contributed by atoms with van der Waals surface area (Å²) in [6, 6.07) is 10.8. The van der Waals surface area contributed by atoms with E-state index in [1.807, 2.05) is 30.3 Å². The van der Waals surface area contributed by atoms with Gasteiger partial charge in [0.1, 0.15) is 0 Å². The van der Waals surface area contributed by atoms with Crippen LogP contribution < -0.4 is 0 Å². The minimum Gasteiger partial charge on any atom is -0.473 e. The molecule has 160 valence electrons. The third-order valence-electron chi connectivity index (χ3n) is 5.61. The Morgan fingerprint density at radius 2 is 1.45 bits per heavy atom. The van der Waals surface area contributed by atoms with Crippen molar-refractivity contribution in [3.63, 3.8) is 0 Å². The molecule has 2 aliphatic rings. The van der Waals surface area contributed by atoms with Gasteiger partial charge in [0, 0.05) is 32.2 Å². The smallest absolute Gasteiger partial charge is 0.414 e. The maximum atomic E-state index is 12.5. The summed E-state index contributed by atoms with van der Waals surface area (Å²) in [5.41, 5.74) is 1.12. The first-order valence-electron chi connectivity index (χ1n) is 10.3. The van der Waals surface area contributed by atoms with Gasteiger partial charge < -0.3 is 15.1 Å². The zero-order valence-corrected chi connectivity index (χ0v) is 17.3. The Kier molecular flexibility index (Phi) is 8.64. The Morgan fingerprint density at radius 3 is 1.93 bits per heavy atom. The van der Waals surface area contributed by atoms with Crippen LogP contribution in [0.15, 0.2) is 30.3 Å². The fourth-order valence-corrected chi connectivity index (χ4v) is 4.37. The first-order chi connectivity index (χ1) is 13.8. The number of benzene rings is 1. The number of rotatable bonds is 3. The molecule has 0 bridgehead atoms. The predicted octanol–water partition coefficient (Wildman–Crippen LogP) is 2.35. The van der Waals surface area contributed by atoms with Crippen LogP contribution in [0.2, 0.25) is 0 Å². The van der Waals surface area contributed by atoms with Crippen molar-refractivity contribution in [3.8, 4) is 0 Å². The van der Waals surface area contributed by atoms with Gasteiger partial charge in [-0.1, -0.05) is 44.2 Å². The van der Waals surface area contributed by atoms with Crippen molar-refractivity contribution in [1.82, 2.24) is 9.80 Å². The number of piperidine rings is 2. The SMILES string of the molecule is CC1CC(C)CN(C2CCN(C(=O)Cc3ccccc3)CC2)C1.O=C(O)C(=O)O. The van der Waals surface area contributed by atoms with E-state index in [1.54, 1.807) is 0 Å². The molecule has 0 saturated carbocycles. The summed E-state index contributed by atoms with van der Waals surface area (Å²) in [5.74, 6) is -1.73. The molecule has 2 heterocycles. The number of hydrogen-bond acceptors (Lipinski definition) is 4. The molecule has 2 saturated heterocycles. The van der Waals surface area contributed by atoms with Crippen LogP contribution in [0.3, 0.4) is 0 Å². The van der Waals surface area contributed by atoms with Gasteiger partial charge in [-0.3, -0.25) is 9.69 Å². The van der Waals surface area contributed by atoms with E-state index in [1.165, 1.54) is 19.5 Å². The molecule has 0 aliphatic carbocycles. The molecule has 2 fully saturated rings. The van der Waals surface area contributed by atoms with Crippen LogP contribution in [0.25, 0.3) is 0 Å². The van der Waals surface area contributed by atoms with Gasteiger partial charge in [0.15, 0.2) is 0 Å². The molecule has 2 atom stereocenters. The molecule has 0 aromatic heterocycles. The molecule has 2 unspecified atom stereocenters. The van der Waals surface area contributed by atoms with Gasteiger partial charge in [0.05, 0.1) is 6.42 Å². The average Bonchev–Trinajstić information content (AvgIpc) is 2.68. The van der Waals surface area contributed by atoms with Gasteiger partial charge in [-0.15, -0.1) is 0 Å². The van der Waals surface area contributed by atoms with E-state index in [4.69, 9.17) is 19.8 Å². The highest BCUT2D eigenvalue weighted by Crippen LogP contribution is 2.26. The van der Waals surface area contributed by atoms with E-state index >= 15 is 0 Å². The molecule has 1 aromatic rings. The summed E-state index contributed by atoms with van der Waals surface area (Å²) in [6.45, 7) is 9.09. The standard InChI is InChI=1S/C20H30N2O.C2H2O4/c1-16-12-17(2)15-22(14-16)19-8-10-21(11-9-19)20(23)13-18-6-4-3-5-7-18;3-1(4)2(5)6/h3-7,16-17,19H,8-15H2,1-2H3;(H,3,4)(H,5,6). The normalized spacial score (nSPS) is 23.0. The number of carbonyl (C=O) groups excluding carboxylic acids is 1. The van der Waals surface area contributed by atoms with Crippen molar-refractivity contribution in [3.05, 3.63) is 35.9 Å². The second kappa shape index (κ2) is 11.0. The molecule has 2 N–H and O–H groups in total. The summed E-state index contributed by atoms with van der Waals surface area (Å²) in [5, 5.41) is 14.8. The van der Waals surface area contributed by atoms with Gasteiger partial charge in [0.25, 0.3) is 0 Å². The predicted molar refractivity (Wildman–Crippen MR) is 110 cm³/mol. The first-order valence-corrected chi connectivity index (χ1v) is 10.3. The quantitative estimate of drug-likeness (QED) is 0.751. The highest BCUT2D eigenvalue weighted by molar-refractivity contribution is 6.27. The number of amides is 1. The third-order valence-corrected chi connectivity index (χ3v) is 5.61. The van der Waals surface area contributed by atoms with E-state index in [-0.39, 0.29) is 5.91 Å². The summed E-state index contributed by atoms with van der Waals surface area (Å²) >= 11 is 0. The van der Waals surface area contributed by atoms with Gasteiger partial charge in [-0.2, -0.15) is 0 Å². The number of carboxylic acid groups (broad SMARTS) is 2. The third kappa shape index (κ3) is 7.49. The Labute approximate surface area is 172 Å². The monoisotopic (exact) mass is 404 g/mol. The maximum Gasteiger partial charge on any atom is 0.414 e. The van der Waals surface area contributed by atoms with Crippen molar-refractivity contribution < 1.29 is 24.6 Å². The fourth-order valence-electron chi connectivity index (χ4n) is 4.37. The van der Waals surface area contributed by atoms with E-state index in [2.05, 4.69) is 23.6 Å². The molecule has 29 heavy (non-hydrogen) atoms. The van der Waals surface area contributed by atoms with Crippen LogP contribution in [-0.4, -0.2) is 70.1 Å². The van der Waals surface area contributed by atoms with Crippen molar-refractivity contribution in [1.29, 1.82) is 0 Å². The molecule has 2 aliphatic heterocycles. The Balaban J connectivity index is 0.000000438. The first kappa shape index (κ1) is 22.9.